The molecule has 0 aliphatic carbocycles. The van der Waals surface area contributed by atoms with E-state index >= 15 is 0 Å². The van der Waals surface area contributed by atoms with Crippen LogP contribution in [-0.2, 0) is 4.79 Å². The van der Waals surface area contributed by atoms with Gasteiger partial charge < -0.3 is 9.47 Å². The number of rotatable bonds is 7. The number of carbonyl (C=O) groups is 1. The first kappa shape index (κ1) is 22.2. The van der Waals surface area contributed by atoms with Gasteiger partial charge in [-0.2, -0.15) is 0 Å². The fraction of sp³-hybridized carbons (Fsp3) is 0.182. The van der Waals surface area contributed by atoms with Crippen LogP contribution in [-0.4, -0.2) is 24.1 Å². The molecule has 0 atom stereocenters. The molecular weight excluding hydrogens is 443 g/mol. The summed E-state index contributed by atoms with van der Waals surface area (Å²) in [6.07, 6.45) is 3.17. The van der Waals surface area contributed by atoms with Crippen LogP contribution >= 0.6 is 34.5 Å². The minimum absolute atomic E-state index is 0.0389. The molecule has 0 saturated carbocycles. The number of hydrogen-bond acceptors (Lipinski definition) is 5. The standard InChI is InChI=1S/C22H20Cl2N2O3S/c1-13(2)29-19-8-4-14(10-20(19)28-3)5-9-21(27)26-22-25-18(12-30-22)16-7-6-15(23)11-17(16)24/h4-13H,1-3H3,(H,25,26,27). The number of aromatic nitrogens is 1. The predicted molar refractivity (Wildman–Crippen MR) is 124 cm³/mol. The lowest BCUT2D eigenvalue weighted by Gasteiger charge is -2.13. The van der Waals surface area contributed by atoms with Gasteiger partial charge in [0.05, 0.1) is 23.9 Å². The largest absolute Gasteiger partial charge is 0.493 e. The summed E-state index contributed by atoms with van der Waals surface area (Å²) < 4.78 is 11.1. The van der Waals surface area contributed by atoms with Gasteiger partial charge in [-0.1, -0.05) is 29.3 Å². The highest BCUT2D eigenvalue weighted by molar-refractivity contribution is 7.14. The Balaban J connectivity index is 1.67. The lowest BCUT2D eigenvalue weighted by Crippen LogP contribution is -2.07. The van der Waals surface area contributed by atoms with E-state index in [1.165, 1.54) is 17.4 Å². The second-order valence-corrected chi connectivity index (χ2v) is 8.26. The molecule has 3 aromatic rings. The summed E-state index contributed by atoms with van der Waals surface area (Å²) in [5.74, 6) is 0.973. The van der Waals surface area contributed by atoms with Crippen LogP contribution in [0.1, 0.15) is 19.4 Å². The van der Waals surface area contributed by atoms with E-state index < -0.39 is 0 Å². The van der Waals surface area contributed by atoms with E-state index in [-0.39, 0.29) is 12.0 Å². The number of anilines is 1. The number of benzene rings is 2. The van der Waals surface area contributed by atoms with E-state index in [2.05, 4.69) is 10.3 Å². The normalized spacial score (nSPS) is 11.1. The summed E-state index contributed by atoms with van der Waals surface area (Å²) in [7, 11) is 1.58. The molecule has 30 heavy (non-hydrogen) atoms. The van der Waals surface area contributed by atoms with Crippen molar-refractivity contribution in [2.24, 2.45) is 0 Å². The van der Waals surface area contributed by atoms with Crippen LogP contribution in [0.25, 0.3) is 17.3 Å². The maximum absolute atomic E-state index is 12.3. The molecule has 0 fully saturated rings. The van der Waals surface area contributed by atoms with Gasteiger partial charge in [0.2, 0.25) is 5.91 Å². The van der Waals surface area contributed by atoms with E-state index in [9.17, 15) is 4.79 Å². The van der Waals surface area contributed by atoms with Gasteiger partial charge in [0, 0.05) is 22.0 Å². The van der Waals surface area contributed by atoms with Crippen LogP contribution in [0.3, 0.4) is 0 Å². The van der Waals surface area contributed by atoms with Gasteiger partial charge in [0.25, 0.3) is 0 Å². The van der Waals surface area contributed by atoms with E-state index in [4.69, 9.17) is 32.7 Å². The van der Waals surface area contributed by atoms with Gasteiger partial charge in [-0.25, -0.2) is 4.98 Å². The Kier molecular flexibility index (Phi) is 7.37. The Hall–Kier alpha value is -2.54. The molecule has 1 aromatic heterocycles. The third-order valence-electron chi connectivity index (χ3n) is 3.92. The molecule has 156 valence electrons. The first-order valence-electron chi connectivity index (χ1n) is 9.10. The minimum Gasteiger partial charge on any atom is -0.493 e. The van der Waals surface area contributed by atoms with Crippen LogP contribution in [0.4, 0.5) is 5.13 Å². The van der Waals surface area contributed by atoms with Crippen molar-refractivity contribution >= 4 is 51.7 Å². The molecular formula is C22H20Cl2N2O3S. The number of nitrogens with zero attached hydrogens (tertiary/aromatic N) is 1. The fourth-order valence-corrected chi connectivity index (χ4v) is 3.83. The first-order valence-corrected chi connectivity index (χ1v) is 10.7. The number of amides is 1. The van der Waals surface area contributed by atoms with Crippen molar-refractivity contribution < 1.29 is 14.3 Å². The van der Waals surface area contributed by atoms with E-state index in [0.29, 0.717) is 32.4 Å². The third-order valence-corrected chi connectivity index (χ3v) is 5.22. The molecule has 8 heteroatoms. The zero-order valence-electron chi connectivity index (χ0n) is 16.6. The maximum atomic E-state index is 12.3. The number of hydrogen-bond donors (Lipinski definition) is 1. The molecule has 2 aromatic carbocycles. The monoisotopic (exact) mass is 462 g/mol. The van der Waals surface area contributed by atoms with Crippen LogP contribution in [0.2, 0.25) is 10.0 Å². The van der Waals surface area contributed by atoms with Gasteiger partial charge in [-0.15, -0.1) is 11.3 Å². The molecule has 0 unspecified atom stereocenters. The first-order chi connectivity index (χ1) is 14.4. The van der Waals surface area contributed by atoms with Crippen LogP contribution in [0.15, 0.2) is 47.9 Å². The summed E-state index contributed by atoms with van der Waals surface area (Å²) >= 11 is 13.5. The van der Waals surface area contributed by atoms with Crippen LogP contribution in [0, 0.1) is 0 Å². The maximum Gasteiger partial charge on any atom is 0.250 e. The number of ether oxygens (including phenoxy) is 2. The molecule has 1 N–H and O–H groups in total. The molecule has 3 rings (SSSR count). The number of halogens is 2. The summed E-state index contributed by atoms with van der Waals surface area (Å²) in [4.78, 5) is 16.7. The van der Waals surface area contributed by atoms with Gasteiger partial charge >= 0.3 is 0 Å². The average Bonchev–Trinajstić information content (AvgIpc) is 3.14. The number of nitrogens with one attached hydrogen (secondary N) is 1. The summed E-state index contributed by atoms with van der Waals surface area (Å²) in [6.45, 7) is 3.89. The predicted octanol–water partition coefficient (Wildman–Crippen LogP) is 6.56. The Morgan fingerprint density at radius 3 is 2.67 bits per heavy atom. The van der Waals surface area contributed by atoms with Crippen LogP contribution < -0.4 is 14.8 Å². The molecule has 0 bridgehead atoms. The van der Waals surface area contributed by atoms with Crippen molar-refractivity contribution in [2.45, 2.75) is 20.0 Å². The fourth-order valence-electron chi connectivity index (χ4n) is 2.61. The number of carbonyl (C=O) groups excluding carboxylic acids is 1. The van der Waals surface area contributed by atoms with Crippen molar-refractivity contribution in [1.82, 2.24) is 4.98 Å². The van der Waals surface area contributed by atoms with E-state index in [1.807, 2.05) is 37.4 Å². The SMILES string of the molecule is COc1cc(C=CC(=O)Nc2nc(-c3ccc(Cl)cc3Cl)cs2)ccc1OC(C)C. The highest BCUT2D eigenvalue weighted by Gasteiger charge is 2.10. The highest BCUT2D eigenvalue weighted by Crippen LogP contribution is 2.32. The minimum atomic E-state index is -0.292. The van der Waals surface area contributed by atoms with Crippen molar-refractivity contribution in [3.63, 3.8) is 0 Å². The van der Waals surface area contributed by atoms with Crippen molar-refractivity contribution in [2.75, 3.05) is 12.4 Å². The lowest BCUT2D eigenvalue weighted by molar-refractivity contribution is -0.111. The van der Waals surface area contributed by atoms with Crippen LogP contribution in [0.5, 0.6) is 11.5 Å². The number of thiazole rings is 1. The smallest absolute Gasteiger partial charge is 0.250 e. The third kappa shape index (κ3) is 5.75. The quantitative estimate of drug-likeness (QED) is 0.403. The molecule has 0 radical (unpaired) electrons. The van der Waals surface area contributed by atoms with Crippen molar-refractivity contribution in [3.8, 4) is 22.8 Å². The molecule has 1 heterocycles. The molecule has 0 aliphatic rings. The lowest BCUT2D eigenvalue weighted by atomic mass is 10.2. The Bertz CT molecular complexity index is 1080. The zero-order valence-corrected chi connectivity index (χ0v) is 18.9. The Morgan fingerprint density at radius 1 is 1.17 bits per heavy atom. The van der Waals surface area contributed by atoms with E-state index in [0.717, 1.165) is 11.1 Å². The summed E-state index contributed by atoms with van der Waals surface area (Å²) in [5, 5.41) is 6.12. The molecule has 0 saturated heterocycles. The van der Waals surface area contributed by atoms with Crippen molar-refractivity contribution in [1.29, 1.82) is 0 Å². The second kappa shape index (κ2) is 9.98. The molecule has 5 nitrogen and oxygen atoms in total. The zero-order chi connectivity index (χ0) is 21.7. The summed E-state index contributed by atoms with van der Waals surface area (Å²) in [6, 6.07) is 10.7. The molecule has 0 spiro atoms. The second-order valence-electron chi connectivity index (χ2n) is 6.56. The van der Waals surface area contributed by atoms with E-state index in [1.54, 1.807) is 31.4 Å². The van der Waals surface area contributed by atoms with Gasteiger partial charge in [-0.05, 0) is 55.8 Å². The molecule has 1 amide bonds. The molecule has 0 aliphatic heterocycles. The highest BCUT2D eigenvalue weighted by atomic mass is 35.5. The Labute approximate surface area is 189 Å². The van der Waals surface area contributed by atoms with Gasteiger partial charge in [-0.3, -0.25) is 10.1 Å². The topological polar surface area (TPSA) is 60.5 Å². The summed E-state index contributed by atoms with van der Waals surface area (Å²) in [5.41, 5.74) is 2.24. The van der Waals surface area contributed by atoms with Gasteiger partial charge in [0.1, 0.15) is 0 Å². The van der Waals surface area contributed by atoms with Gasteiger partial charge in [0.15, 0.2) is 16.6 Å². The Morgan fingerprint density at radius 2 is 1.97 bits per heavy atom. The number of methoxy groups -OCH3 is 1. The average molecular weight is 463 g/mol. The van der Waals surface area contributed by atoms with Crippen molar-refractivity contribution in [3.05, 3.63) is 63.5 Å².